The number of aromatic nitrogens is 1. The number of rotatable bonds is 6. The second kappa shape index (κ2) is 8.53. The Kier molecular flexibility index (Phi) is 6.11. The summed E-state index contributed by atoms with van der Waals surface area (Å²) in [6, 6.07) is 11.2. The van der Waals surface area contributed by atoms with E-state index in [0.717, 1.165) is 6.42 Å². The van der Waals surface area contributed by atoms with Gasteiger partial charge in [0.25, 0.3) is 0 Å². The van der Waals surface area contributed by atoms with E-state index in [0.29, 0.717) is 12.2 Å². The molecule has 1 heterocycles. The van der Waals surface area contributed by atoms with E-state index >= 15 is 0 Å². The van der Waals surface area contributed by atoms with Crippen LogP contribution in [-0.4, -0.2) is 30.0 Å². The standard InChI is InChI=1S/C17H20N4O2/c1-13-4-2-5-14(10-13)7-9-19-17(23)20-12-16(22)21-15-6-3-8-18-11-15/h2-6,8,10-11H,7,9,12H2,1H3,(H,21,22)(H2,19,20,23). The van der Waals surface area contributed by atoms with Crippen molar-refractivity contribution in [2.75, 3.05) is 18.4 Å². The molecule has 23 heavy (non-hydrogen) atoms. The molecule has 0 aliphatic rings. The lowest BCUT2D eigenvalue weighted by atomic mass is 10.1. The van der Waals surface area contributed by atoms with Crippen LogP contribution in [0.25, 0.3) is 0 Å². The van der Waals surface area contributed by atoms with E-state index in [2.05, 4.69) is 27.0 Å². The smallest absolute Gasteiger partial charge is 0.315 e. The van der Waals surface area contributed by atoms with Gasteiger partial charge in [0.05, 0.1) is 18.4 Å². The van der Waals surface area contributed by atoms with Crippen LogP contribution in [0.4, 0.5) is 10.5 Å². The predicted molar refractivity (Wildman–Crippen MR) is 89.2 cm³/mol. The zero-order valence-electron chi connectivity index (χ0n) is 13.0. The van der Waals surface area contributed by atoms with Gasteiger partial charge in [0.2, 0.25) is 5.91 Å². The van der Waals surface area contributed by atoms with E-state index in [1.807, 2.05) is 25.1 Å². The summed E-state index contributed by atoms with van der Waals surface area (Å²) < 4.78 is 0. The number of hydrogen-bond acceptors (Lipinski definition) is 3. The van der Waals surface area contributed by atoms with Crippen LogP contribution < -0.4 is 16.0 Å². The highest BCUT2D eigenvalue weighted by Gasteiger charge is 2.05. The highest BCUT2D eigenvalue weighted by molar-refractivity contribution is 5.94. The molecule has 0 fully saturated rings. The van der Waals surface area contributed by atoms with Crippen LogP contribution in [0, 0.1) is 6.92 Å². The van der Waals surface area contributed by atoms with Gasteiger partial charge in [-0.1, -0.05) is 29.8 Å². The van der Waals surface area contributed by atoms with Crippen molar-refractivity contribution >= 4 is 17.6 Å². The van der Waals surface area contributed by atoms with Crippen molar-refractivity contribution in [1.29, 1.82) is 0 Å². The fourth-order valence-corrected chi connectivity index (χ4v) is 2.05. The molecule has 0 radical (unpaired) electrons. The van der Waals surface area contributed by atoms with Crippen LogP contribution in [0.15, 0.2) is 48.8 Å². The summed E-state index contributed by atoms with van der Waals surface area (Å²) in [6.45, 7) is 2.45. The average molecular weight is 312 g/mol. The van der Waals surface area contributed by atoms with Gasteiger partial charge in [-0.3, -0.25) is 9.78 Å². The average Bonchev–Trinajstić information content (AvgIpc) is 2.54. The van der Waals surface area contributed by atoms with Gasteiger partial charge in [-0.25, -0.2) is 4.79 Å². The first-order valence-corrected chi connectivity index (χ1v) is 7.40. The highest BCUT2D eigenvalue weighted by Crippen LogP contribution is 2.04. The maximum absolute atomic E-state index is 11.7. The molecule has 2 aromatic rings. The van der Waals surface area contributed by atoms with Crippen LogP contribution in [0.5, 0.6) is 0 Å². The second-order valence-corrected chi connectivity index (χ2v) is 5.14. The third-order valence-electron chi connectivity index (χ3n) is 3.14. The Morgan fingerprint density at radius 2 is 2.00 bits per heavy atom. The summed E-state index contributed by atoms with van der Waals surface area (Å²) in [5.74, 6) is -0.299. The van der Waals surface area contributed by atoms with Crippen LogP contribution >= 0.6 is 0 Å². The van der Waals surface area contributed by atoms with Crippen molar-refractivity contribution in [3.63, 3.8) is 0 Å². The first kappa shape index (κ1) is 16.5. The Morgan fingerprint density at radius 1 is 1.13 bits per heavy atom. The summed E-state index contributed by atoms with van der Waals surface area (Å²) in [7, 11) is 0. The number of carbonyl (C=O) groups is 2. The monoisotopic (exact) mass is 312 g/mol. The molecule has 0 aliphatic heterocycles. The molecule has 0 spiro atoms. The number of hydrogen-bond donors (Lipinski definition) is 3. The quantitative estimate of drug-likeness (QED) is 0.761. The summed E-state index contributed by atoms with van der Waals surface area (Å²) in [5, 5.41) is 7.89. The second-order valence-electron chi connectivity index (χ2n) is 5.14. The van der Waals surface area contributed by atoms with E-state index in [1.54, 1.807) is 24.5 Å². The molecular formula is C17H20N4O2. The van der Waals surface area contributed by atoms with E-state index in [-0.39, 0.29) is 18.5 Å². The molecule has 1 aromatic heterocycles. The molecule has 0 saturated carbocycles. The predicted octanol–water partition coefficient (Wildman–Crippen LogP) is 1.87. The third-order valence-corrected chi connectivity index (χ3v) is 3.14. The summed E-state index contributed by atoms with van der Waals surface area (Å²) in [6.07, 6.45) is 3.91. The molecular weight excluding hydrogens is 292 g/mol. The minimum absolute atomic E-state index is 0.0921. The number of nitrogens with one attached hydrogen (secondary N) is 3. The Labute approximate surface area is 135 Å². The van der Waals surface area contributed by atoms with Gasteiger partial charge in [0.1, 0.15) is 0 Å². The number of benzene rings is 1. The number of anilines is 1. The Morgan fingerprint density at radius 3 is 2.74 bits per heavy atom. The fourth-order valence-electron chi connectivity index (χ4n) is 2.05. The molecule has 0 bridgehead atoms. The van der Waals surface area contributed by atoms with Gasteiger partial charge in [-0.15, -0.1) is 0 Å². The Balaban J connectivity index is 1.64. The maximum atomic E-state index is 11.7. The van der Waals surface area contributed by atoms with Gasteiger partial charge in [0.15, 0.2) is 0 Å². The SMILES string of the molecule is Cc1cccc(CCNC(=O)NCC(=O)Nc2cccnc2)c1. The zero-order valence-corrected chi connectivity index (χ0v) is 13.0. The van der Waals surface area contributed by atoms with Crippen LogP contribution in [0.2, 0.25) is 0 Å². The maximum Gasteiger partial charge on any atom is 0.315 e. The molecule has 2 rings (SSSR count). The van der Waals surface area contributed by atoms with E-state index in [1.165, 1.54) is 11.1 Å². The zero-order chi connectivity index (χ0) is 16.5. The van der Waals surface area contributed by atoms with Crippen LogP contribution in [-0.2, 0) is 11.2 Å². The number of carbonyl (C=O) groups excluding carboxylic acids is 2. The van der Waals surface area contributed by atoms with Crippen molar-refractivity contribution in [1.82, 2.24) is 15.6 Å². The topological polar surface area (TPSA) is 83.1 Å². The molecule has 0 unspecified atom stereocenters. The molecule has 3 N–H and O–H groups in total. The molecule has 120 valence electrons. The van der Waals surface area contributed by atoms with E-state index < -0.39 is 0 Å². The number of urea groups is 1. The first-order valence-electron chi connectivity index (χ1n) is 7.40. The fraction of sp³-hybridized carbons (Fsp3) is 0.235. The van der Waals surface area contributed by atoms with Crippen molar-refractivity contribution in [3.05, 3.63) is 59.9 Å². The van der Waals surface area contributed by atoms with Crippen LogP contribution in [0.1, 0.15) is 11.1 Å². The van der Waals surface area contributed by atoms with E-state index in [9.17, 15) is 9.59 Å². The largest absolute Gasteiger partial charge is 0.338 e. The molecule has 3 amide bonds. The number of nitrogens with zero attached hydrogens (tertiary/aromatic N) is 1. The lowest BCUT2D eigenvalue weighted by molar-refractivity contribution is -0.115. The van der Waals surface area contributed by atoms with Gasteiger partial charge in [0, 0.05) is 12.7 Å². The third kappa shape index (κ3) is 6.17. The van der Waals surface area contributed by atoms with Crippen molar-refractivity contribution in [2.45, 2.75) is 13.3 Å². The van der Waals surface area contributed by atoms with Gasteiger partial charge in [-0.2, -0.15) is 0 Å². The van der Waals surface area contributed by atoms with Gasteiger partial charge in [-0.05, 0) is 31.0 Å². The van der Waals surface area contributed by atoms with Crippen molar-refractivity contribution in [2.24, 2.45) is 0 Å². The molecule has 0 atom stereocenters. The molecule has 0 saturated heterocycles. The summed E-state index contributed by atoms with van der Waals surface area (Å²) >= 11 is 0. The first-order chi connectivity index (χ1) is 11.1. The van der Waals surface area contributed by atoms with Gasteiger partial charge >= 0.3 is 6.03 Å². The van der Waals surface area contributed by atoms with Gasteiger partial charge < -0.3 is 16.0 Å². The Bertz CT molecular complexity index is 659. The van der Waals surface area contributed by atoms with Crippen LogP contribution in [0.3, 0.4) is 0 Å². The highest BCUT2D eigenvalue weighted by atomic mass is 16.2. The molecule has 1 aromatic carbocycles. The summed E-state index contributed by atoms with van der Waals surface area (Å²) in [4.78, 5) is 27.2. The number of amides is 3. The Hall–Kier alpha value is -2.89. The normalized spacial score (nSPS) is 9.96. The lowest BCUT2D eigenvalue weighted by Crippen LogP contribution is -2.40. The molecule has 6 nitrogen and oxygen atoms in total. The lowest BCUT2D eigenvalue weighted by Gasteiger charge is -2.08. The van der Waals surface area contributed by atoms with Crippen molar-refractivity contribution < 1.29 is 9.59 Å². The number of aryl methyl sites for hydroxylation is 1. The molecule has 6 heteroatoms. The molecule has 0 aliphatic carbocycles. The van der Waals surface area contributed by atoms with E-state index in [4.69, 9.17) is 0 Å². The number of pyridine rings is 1. The minimum atomic E-state index is -0.362. The van der Waals surface area contributed by atoms with Crippen molar-refractivity contribution in [3.8, 4) is 0 Å². The summed E-state index contributed by atoms with van der Waals surface area (Å²) in [5.41, 5.74) is 2.96. The minimum Gasteiger partial charge on any atom is -0.338 e.